The smallest absolute Gasteiger partial charge is 0 e. The molecule has 110 valence electrons. The minimum atomic E-state index is 0. The van der Waals surface area contributed by atoms with Crippen molar-refractivity contribution in [2.24, 2.45) is 5.41 Å². The minimum Gasteiger partial charge on any atom is -0.290 e. The van der Waals surface area contributed by atoms with Crippen molar-refractivity contribution in [1.82, 2.24) is 0 Å². The molecular weight excluding hydrogens is 412 g/mol. The van der Waals surface area contributed by atoms with E-state index in [-0.39, 0.29) is 21.1 Å². The second kappa shape index (κ2) is 8.63. The summed E-state index contributed by atoms with van der Waals surface area (Å²) >= 11 is 0. The van der Waals surface area contributed by atoms with Gasteiger partial charge in [0.15, 0.2) is 0 Å². The van der Waals surface area contributed by atoms with Gasteiger partial charge in [0.1, 0.15) is 0 Å². The Labute approximate surface area is 139 Å². The van der Waals surface area contributed by atoms with Crippen molar-refractivity contribution in [3.8, 4) is 0 Å². The molecule has 0 fully saturated rings. The van der Waals surface area contributed by atoms with Gasteiger partial charge >= 0.3 is 0 Å². The molecule has 0 spiro atoms. The fourth-order valence-electron chi connectivity index (χ4n) is 2.63. The first kappa shape index (κ1) is 19.4. The zero-order chi connectivity index (χ0) is 14.5. The fraction of sp³-hybridized carbons (Fsp3) is 0.474. The summed E-state index contributed by atoms with van der Waals surface area (Å²) in [5.41, 5.74) is 5.45. The molecule has 1 rings (SSSR count). The second-order valence-electron chi connectivity index (χ2n) is 6.28. The van der Waals surface area contributed by atoms with Gasteiger partial charge in [-0.25, -0.2) is 11.6 Å². The minimum absolute atomic E-state index is 0. The number of hydrogen-bond acceptors (Lipinski definition) is 0. The summed E-state index contributed by atoms with van der Waals surface area (Å²) in [6.45, 7) is 16.6. The molecule has 0 amide bonds. The molecule has 0 saturated heterocycles. The zero-order valence-electron chi connectivity index (χ0n) is 13.5. The van der Waals surface area contributed by atoms with Crippen molar-refractivity contribution < 1.29 is 21.1 Å². The van der Waals surface area contributed by atoms with Crippen molar-refractivity contribution in [2.75, 3.05) is 0 Å². The van der Waals surface area contributed by atoms with Crippen LogP contribution in [-0.4, -0.2) is 0 Å². The summed E-state index contributed by atoms with van der Waals surface area (Å²) in [5.74, 6) is 0. The summed E-state index contributed by atoms with van der Waals surface area (Å²) in [5, 5.41) is 0. The average molecular weight is 439 g/mol. The van der Waals surface area contributed by atoms with Crippen LogP contribution >= 0.6 is 0 Å². The fourth-order valence-corrected chi connectivity index (χ4v) is 2.63. The third-order valence-corrected chi connectivity index (χ3v) is 3.77. The predicted molar refractivity (Wildman–Crippen MR) is 85.9 cm³/mol. The van der Waals surface area contributed by atoms with Gasteiger partial charge in [-0.2, -0.15) is 0 Å². The van der Waals surface area contributed by atoms with Gasteiger partial charge < -0.3 is 0 Å². The Morgan fingerprint density at radius 3 is 2.40 bits per heavy atom. The monoisotopic (exact) mass is 439 g/mol. The van der Waals surface area contributed by atoms with Crippen molar-refractivity contribution >= 4 is 0 Å². The number of allylic oxidation sites excluding steroid dienone is 9. The van der Waals surface area contributed by atoms with Gasteiger partial charge in [-0.1, -0.05) is 50.1 Å². The van der Waals surface area contributed by atoms with E-state index in [9.17, 15) is 0 Å². The van der Waals surface area contributed by atoms with E-state index in [1.165, 1.54) is 30.4 Å². The summed E-state index contributed by atoms with van der Waals surface area (Å²) in [6, 6.07) is 0. The molecule has 0 saturated carbocycles. The maximum absolute atomic E-state index is 5.60. The average Bonchev–Trinajstić information content (AvgIpc) is 2.26. The maximum atomic E-state index is 5.60. The van der Waals surface area contributed by atoms with Crippen molar-refractivity contribution in [3.63, 3.8) is 0 Å². The Balaban J connectivity index is 0.00000361. The van der Waals surface area contributed by atoms with Gasteiger partial charge in [0.25, 0.3) is 0 Å². The molecular formula is C19H27W-. The van der Waals surface area contributed by atoms with E-state index in [0.29, 0.717) is 5.41 Å². The van der Waals surface area contributed by atoms with Crippen LogP contribution in [0.1, 0.15) is 53.9 Å². The van der Waals surface area contributed by atoms with Crippen LogP contribution in [-0.2, 0) is 21.1 Å². The van der Waals surface area contributed by atoms with Gasteiger partial charge in [-0.15, -0.1) is 6.08 Å². The molecule has 0 radical (unpaired) electrons. The molecule has 0 N–H and O–H groups in total. The normalized spacial score (nSPS) is 19.6. The van der Waals surface area contributed by atoms with E-state index in [1.807, 2.05) is 19.1 Å². The summed E-state index contributed by atoms with van der Waals surface area (Å²) in [4.78, 5) is 0. The summed E-state index contributed by atoms with van der Waals surface area (Å²) in [6.07, 6.45) is 14.4. The van der Waals surface area contributed by atoms with Gasteiger partial charge in [0, 0.05) is 21.1 Å². The Morgan fingerprint density at radius 2 is 1.85 bits per heavy atom. The van der Waals surface area contributed by atoms with E-state index in [4.69, 9.17) is 6.58 Å². The number of hydrogen-bond donors (Lipinski definition) is 0. The Bertz CT molecular complexity index is 456. The van der Waals surface area contributed by atoms with Crippen molar-refractivity contribution in [3.05, 3.63) is 59.3 Å². The van der Waals surface area contributed by atoms with Crippen LogP contribution in [0.2, 0.25) is 0 Å². The third kappa shape index (κ3) is 6.23. The van der Waals surface area contributed by atoms with E-state index >= 15 is 0 Å². The first-order chi connectivity index (χ1) is 8.83. The standard InChI is InChI=1S/C19H27.W/c1-15(2)9-7-10-16(3)12-13-18-17(4)11-8-14-19(18,5)6;/h1,7,9-10,12-13H,8,11,14H2,2-6H3;/q-1;/b9-7+,13-12+,16-10+;. The van der Waals surface area contributed by atoms with Crippen LogP contribution in [0.4, 0.5) is 0 Å². The van der Waals surface area contributed by atoms with Crippen LogP contribution in [0, 0.1) is 12.0 Å². The molecule has 0 heterocycles. The Kier molecular flexibility index (Phi) is 8.36. The van der Waals surface area contributed by atoms with E-state index in [1.54, 1.807) is 5.57 Å². The predicted octanol–water partition coefficient (Wildman–Crippen LogP) is 5.95. The summed E-state index contributed by atoms with van der Waals surface area (Å²) in [7, 11) is 0. The molecule has 0 aliphatic heterocycles. The van der Waals surface area contributed by atoms with Crippen molar-refractivity contribution in [1.29, 1.82) is 0 Å². The molecule has 0 unspecified atom stereocenters. The maximum Gasteiger partial charge on any atom is 0 e. The molecule has 0 aromatic carbocycles. The molecule has 0 nitrogen and oxygen atoms in total. The molecule has 20 heavy (non-hydrogen) atoms. The van der Waals surface area contributed by atoms with Crippen LogP contribution in [0.25, 0.3) is 0 Å². The zero-order valence-corrected chi connectivity index (χ0v) is 16.4. The Hall–Kier alpha value is -0.612. The second-order valence-corrected chi connectivity index (χ2v) is 6.28. The molecule has 1 heteroatoms. The van der Waals surface area contributed by atoms with Crippen LogP contribution in [0.15, 0.2) is 52.7 Å². The molecule has 1 aliphatic carbocycles. The molecule has 0 atom stereocenters. The van der Waals surface area contributed by atoms with Crippen molar-refractivity contribution in [2.45, 2.75) is 53.9 Å². The largest absolute Gasteiger partial charge is 0.290 e. The molecule has 0 aromatic heterocycles. The van der Waals surface area contributed by atoms with Crippen LogP contribution in [0.5, 0.6) is 0 Å². The topological polar surface area (TPSA) is 0 Å². The SMILES string of the molecule is [CH-]=C(C)/C=C/C=C(C)/C=C/C1=C(C)CCCC1(C)C.[W]. The van der Waals surface area contributed by atoms with Gasteiger partial charge in [0.2, 0.25) is 0 Å². The molecule has 0 bridgehead atoms. The van der Waals surface area contributed by atoms with E-state index in [0.717, 1.165) is 5.57 Å². The number of rotatable bonds is 4. The first-order valence-electron chi connectivity index (χ1n) is 7.15. The van der Waals surface area contributed by atoms with Gasteiger partial charge in [-0.3, -0.25) is 6.58 Å². The van der Waals surface area contributed by atoms with Crippen LogP contribution < -0.4 is 0 Å². The van der Waals surface area contributed by atoms with E-state index < -0.39 is 0 Å². The van der Waals surface area contributed by atoms with Gasteiger partial charge in [0.05, 0.1) is 0 Å². The van der Waals surface area contributed by atoms with E-state index in [2.05, 4.69) is 45.9 Å². The van der Waals surface area contributed by atoms with Crippen LogP contribution in [0.3, 0.4) is 0 Å². The quantitative estimate of drug-likeness (QED) is 0.375. The summed E-state index contributed by atoms with van der Waals surface area (Å²) < 4.78 is 0. The Morgan fingerprint density at radius 1 is 1.20 bits per heavy atom. The first-order valence-corrected chi connectivity index (χ1v) is 7.15. The molecule has 0 aromatic rings. The third-order valence-electron chi connectivity index (χ3n) is 3.77. The molecule has 1 aliphatic rings. The van der Waals surface area contributed by atoms with Gasteiger partial charge in [-0.05, 0) is 44.1 Å².